The van der Waals surface area contributed by atoms with Crippen molar-refractivity contribution >= 4 is 17.9 Å². The highest BCUT2D eigenvalue weighted by Crippen LogP contribution is 2.40. The molecule has 1 heterocycles. The van der Waals surface area contributed by atoms with Crippen LogP contribution < -0.4 is 15.4 Å². The van der Waals surface area contributed by atoms with E-state index in [9.17, 15) is 22.8 Å². The minimum atomic E-state index is -4.13. The number of rotatable bonds is 8. The topological polar surface area (TPSA) is 80.3 Å². The summed E-state index contributed by atoms with van der Waals surface area (Å²) < 4.78 is 44.0. The Morgan fingerprint density at radius 3 is 2.51 bits per heavy atom. The summed E-state index contributed by atoms with van der Waals surface area (Å²) in [5, 5.41) is 5.43. The molecule has 0 unspecified atom stereocenters. The number of alkyl halides is 3. The van der Waals surface area contributed by atoms with Crippen molar-refractivity contribution in [3.8, 4) is 5.88 Å². The monoisotopic (exact) mass is 489 g/mol. The van der Waals surface area contributed by atoms with E-state index >= 15 is 0 Å². The molecule has 188 valence electrons. The number of pyridine rings is 1. The fraction of sp³-hybridized carbons (Fsp3) is 0.423. The van der Waals surface area contributed by atoms with Gasteiger partial charge in [0.1, 0.15) is 0 Å². The quantitative estimate of drug-likeness (QED) is 0.564. The van der Waals surface area contributed by atoms with Crippen molar-refractivity contribution in [2.45, 2.75) is 44.8 Å². The van der Waals surface area contributed by atoms with Crippen LogP contribution in [-0.2, 0) is 17.8 Å². The van der Waals surface area contributed by atoms with Crippen LogP contribution in [0.1, 0.15) is 52.7 Å². The van der Waals surface area contributed by atoms with Crippen LogP contribution in [0.4, 0.5) is 13.2 Å². The van der Waals surface area contributed by atoms with Crippen molar-refractivity contribution in [2.75, 3.05) is 14.2 Å². The molecule has 1 aliphatic rings. The molecular weight excluding hydrogens is 459 g/mol. The second-order valence-corrected chi connectivity index (χ2v) is 8.69. The largest absolute Gasteiger partial charge is 0.481 e. The number of amides is 2. The average molecular weight is 490 g/mol. The van der Waals surface area contributed by atoms with Gasteiger partial charge in [0.2, 0.25) is 11.8 Å². The Hall–Kier alpha value is -3.36. The molecule has 1 aliphatic carbocycles. The summed E-state index contributed by atoms with van der Waals surface area (Å²) in [6.07, 6.45) is 2.38. The number of carbonyl (C=O) groups is 2. The number of hydrogen-bond donors (Lipinski definition) is 2. The molecule has 6 nitrogen and oxygen atoms in total. The van der Waals surface area contributed by atoms with Gasteiger partial charge in [-0.05, 0) is 48.8 Å². The van der Waals surface area contributed by atoms with E-state index in [4.69, 9.17) is 4.74 Å². The molecule has 1 aromatic heterocycles. The number of ether oxygens (including phenoxy) is 1. The predicted octanol–water partition coefficient (Wildman–Crippen LogP) is 4.69. The van der Waals surface area contributed by atoms with Gasteiger partial charge in [-0.15, -0.1) is 0 Å². The third kappa shape index (κ3) is 7.56. The molecule has 0 atom stereocenters. The molecule has 0 saturated heterocycles. The third-order valence-corrected chi connectivity index (χ3v) is 6.21. The number of benzene rings is 1. The lowest BCUT2D eigenvalue weighted by atomic mass is 9.81. The number of likely N-dealkylation sites (N-methyl/N-ethyl adjacent to an activating group) is 1. The highest BCUT2D eigenvalue weighted by Gasteiger charge is 2.40. The normalized spacial score (nSPS) is 18.3. The van der Waals surface area contributed by atoms with E-state index in [1.807, 2.05) is 30.3 Å². The summed E-state index contributed by atoms with van der Waals surface area (Å²) in [4.78, 5) is 28.5. The zero-order valence-corrected chi connectivity index (χ0v) is 19.8. The summed E-state index contributed by atoms with van der Waals surface area (Å²) in [7, 11) is 3.05. The standard InChI is InChI=1S/C26H30F3N3O3/c1-30-23(33)13-18-4-3-5-19(12-18)15-31-24(34)21-14-20(25(35-2)32-16-21)9-6-17-7-10-22(11-8-17)26(27,28)29/h3-6,9,12,14,16-17,22H,7-8,10-11,13,15H2,1-2H3,(H,30,33)(H,31,34)/b9-6+/t17-,22-. The molecule has 2 aromatic rings. The number of nitrogens with one attached hydrogen (secondary N) is 2. The molecule has 0 spiro atoms. The SMILES string of the molecule is CNC(=O)Cc1cccc(CNC(=O)c2cnc(OC)c(/C=C/[C@H]3CC[C@H](C(F)(F)F)CC3)c2)c1. The van der Waals surface area contributed by atoms with Crippen LogP contribution in [0, 0.1) is 11.8 Å². The molecule has 0 bridgehead atoms. The molecule has 0 radical (unpaired) electrons. The Balaban J connectivity index is 1.63. The molecular formula is C26H30F3N3O3. The van der Waals surface area contributed by atoms with Gasteiger partial charge in [0.25, 0.3) is 5.91 Å². The smallest absolute Gasteiger partial charge is 0.391 e. The van der Waals surface area contributed by atoms with Gasteiger partial charge >= 0.3 is 6.18 Å². The first-order valence-corrected chi connectivity index (χ1v) is 11.5. The van der Waals surface area contributed by atoms with Crippen LogP contribution in [0.25, 0.3) is 6.08 Å². The fourth-order valence-electron chi connectivity index (χ4n) is 4.17. The maximum Gasteiger partial charge on any atom is 0.391 e. The van der Waals surface area contributed by atoms with Gasteiger partial charge in [0, 0.05) is 25.4 Å². The van der Waals surface area contributed by atoms with Crippen molar-refractivity contribution < 1.29 is 27.5 Å². The van der Waals surface area contributed by atoms with Gasteiger partial charge in [-0.2, -0.15) is 13.2 Å². The van der Waals surface area contributed by atoms with Crippen molar-refractivity contribution in [3.05, 3.63) is 64.9 Å². The van der Waals surface area contributed by atoms with Crippen LogP contribution >= 0.6 is 0 Å². The summed E-state index contributed by atoms with van der Waals surface area (Å²) in [6.45, 7) is 0.278. The molecule has 2 amide bonds. The van der Waals surface area contributed by atoms with E-state index in [0.717, 1.165) is 11.1 Å². The molecule has 1 saturated carbocycles. The number of nitrogens with zero attached hydrogens (tertiary/aromatic N) is 1. The first kappa shape index (κ1) is 26.2. The van der Waals surface area contributed by atoms with Crippen LogP contribution in [-0.4, -0.2) is 37.1 Å². The Labute approximate surface area is 203 Å². The van der Waals surface area contributed by atoms with Gasteiger partial charge in [-0.25, -0.2) is 4.98 Å². The number of allylic oxidation sites excluding steroid dienone is 1. The lowest BCUT2D eigenvalue weighted by Crippen LogP contribution is -2.27. The first-order chi connectivity index (χ1) is 16.7. The summed E-state index contributed by atoms with van der Waals surface area (Å²) in [6, 6.07) is 9.06. The summed E-state index contributed by atoms with van der Waals surface area (Å²) >= 11 is 0. The zero-order valence-electron chi connectivity index (χ0n) is 19.8. The van der Waals surface area contributed by atoms with Gasteiger partial charge in [0.15, 0.2) is 0 Å². The Bertz CT molecular complexity index is 1060. The number of methoxy groups -OCH3 is 1. The van der Waals surface area contributed by atoms with Crippen molar-refractivity contribution in [1.82, 2.24) is 15.6 Å². The number of hydrogen-bond acceptors (Lipinski definition) is 4. The van der Waals surface area contributed by atoms with E-state index in [1.165, 1.54) is 13.3 Å². The van der Waals surface area contributed by atoms with E-state index in [0.29, 0.717) is 29.8 Å². The Morgan fingerprint density at radius 1 is 1.14 bits per heavy atom. The second kappa shape index (κ2) is 11.9. The molecule has 1 fully saturated rings. The van der Waals surface area contributed by atoms with E-state index in [-0.39, 0.29) is 43.5 Å². The summed E-state index contributed by atoms with van der Waals surface area (Å²) in [5.41, 5.74) is 2.63. The lowest BCUT2D eigenvalue weighted by Gasteiger charge is -2.28. The minimum absolute atomic E-state index is 0.0397. The Kier molecular flexibility index (Phi) is 8.89. The maximum atomic E-state index is 12.9. The molecule has 2 N–H and O–H groups in total. The van der Waals surface area contributed by atoms with Gasteiger partial charge in [-0.3, -0.25) is 9.59 Å². The van der Waals surface area contributed by atoms with E-state index in [2.05, 4.69) is 15.6 Å². The van der Waals surface area contributed by atoms with Gasteiger partial charge in [-0.1, -0.05) is 36.4 Å². The van der Waals surface area contributed by atoms with E-state index < -0.39 is 12.1 Å². The number of aromatic nitrogens is 1. The van der Waals surface area contributed by atoms with Gasteiger partial charge in [0.05, 0.1) is 25.0 Å². The maximum absolute atomic E-state index is 12.9. The molecule has 35 heavy (non-hydrogen) atoms. The van der Waals surface area contributed by atoms with Crippen LogP contribution in [0.15, 0.2) is 42.6 Å². The van der Waals surface area contributed by atoms with Crippen molar-refractivity contribution in [1.29, 1.82) is 0 Å². The Morgan fingerprint density at radius 2 is 1.86 bits per heavy atom. The van der Waals surface area contributed by atoms with Crippen LogP contribution in [0.2, 0.25) is 0 Å². The summed E-state index contributed by atoms with van der Waals surface area (Å²) in [5.74, 6) is -1.26. The highest BCUT2D eigenvalue weighted by molar-refractivity contribution is 5.94. The minimum Gasteiger partial charge on any atom is -0.481 e. The highest BCUT2D eigenvalue weighted by atomic mass is 19.4. The fourth-order valence-corrected chi connectivity index (χ4v) is 4.17. The molecule has 3 rings (SSSR count). The van der Waals surface area contributed by atoms with Crippen molar-refractivity contribution in [3.63, 3.8) is 0 Å². The van der Waals surface area contributed by atoms with Crippen molar-refractivity contribution in [2.24, 2.45) is 11.8 Å². The zero-order chi connectivity index (χ0) is 25.4. The average Bonchev–Trinajstić information content (AvgIpc) is 2.85. The van der Waals surface area contributed by atoms with Gasteiger partial charge < -0.3 is 15.4 Å². The molecule has 0 aliphatic heterocycles. The third-order valence-electron chi connectivity index (χ3n) is 6.21. The number of carbonyl (C=O) groups excluding carboxylic acids is 2. The predicted molar refractivity (Wildman–Crippen MR) is 127 cm³/mol. The number of halogens is 3. The lowest BCUT2D eigenvalue weighted by molar-refractivity contribution is -0.183. The first-order valence-electron chi connectivity index (χ1n) is 11.5. The van der Waals surface area contributed by atoms with Crippen LogP contribution in [0.3, 0.4) is 0 Å². The molecule has 9 heteroatoms. The molecule has 1 aromatic carbocycles. The van der Waals surface area contributed by atoms with Crippen LogP contribution in [0.5, 0.6) is 5.88 Å². The second-order valence-electron chi connectivity index (χ2n) is 8.69. The van der Waals surface area contributed by atoms with E-state index in [1.54, 1.807) is 19.2 Å².